The Morgan fingerprint density at radius 2 is 2.31 bits per heavy atom. The van der Waals surface area contributed by atoms with Crippen LogP contribution in [0.1, 0.15) is 5.56 Å². The number of nitrogens with one attached hydrogen (secondary N) is 1. The molecule has 0 heterocycles. The summed E-state index contributed by atoms with van der Waals surface area (Å²) in [5, 5.41) is 11.6. The zero-order valence-electron chi connectivity index (χ0n) is 8.56. The summed E-state index contributed by atoms with van der Waals surface area (Å²) in [6, 6.07) is 6.95. The molecule has 1 amide bonds. The summed E-state index contributed by atoms with van der Waals surface area (Å²) in [6.07, 6.45) is -0.804. The summed E-state index contributed by atoms with van der Waals surface area (Å²) in [7, 11) is 0. The minimum Gasteiger partial charge on any atom is -0.448 e. The summed E-state index contributed by atoms with van der Waals surface area (Å²) < 4.78 is 4.53. The van der Waals surface area contributed by atoms with Crippen LogP contribution in [0.5, 0.6) is 0 Å². The summed E-state index contributed by atoms with van der Waals surface area (Å²) in [6.45, 7) is 0.601. The molecule has 0 spiro atoms. The zero-order valence-corrected chi connectivity index (χ0v) is 8.56. The van der Waals surface area contributed by atoms with E-state index in [1.54, 1.807) is 18.2 Å². The molecule has 0 aliphatic heterocycles. The Morgan fingerprint density at radius 1 is 1.56 bits per heavy atom. The van der Waals surface area contributed by atoms with Crippen molar-refractivity contribution in [1.29, 1.82) is 5.26 Å². The van der Waals surface area contributed by atoms with Crippen molar-refractivity contribution in [3.8, 4) is 6.07 Å². The topological polar surface area (TPSA) is 114 Å². The van der Waals surface area contributed by atoms with Gasteiger partial charge in [0.2, 0.25) is 0 Å². The number of hydrogen-bond acceptors (Lipinski definition) is 5. The zero-order chi connectivity index (χ0) is 12.0. The molecule has 0 aliphatic rings. The third kappa shape index (κ3) is 3.38. The highest BCUT2D eigenvalue weighted by Gasteiger charge is 1.99. The second-order valence-corrected chi connectivity index (χ2v) is 3.01. The van der Waals surface area contributed by atoms with E-state index in [1.807, 2.05) is 6.07 Å². The average molecular weight is 220 g/mol. The second kappa shape index (κ2) is 5.46. The molecule has 16 heavy (non-hydrogen) atoms. The van der Waals surface area contributed by atoms with E-state index in [2.05, 4.69) is 10.1 Å². The fraction of sp³-hybridized carbons (Fsp3) is 0.200. The Labute approximate surface area is 92.8 Å². The summed E-state index contributed by atoms with van der Waals surface area (Å²) in [5.41, 5.74) is 12.0. The molecule has 0 bridgehead atoms. The van der Waals surface area contributed by atoms with E-state index in [-0.39, 0.29) is 6.61 Å². The minimum absolute atomic E-state index is 0.176. The molecule has 5 N–H and O–H groups in total. The largest absolute Gasteiger partial charge is 0.448 e. The third-order valence-electron chi connectivity index (χ3n) is 1.85. The van der Waals surface area contributed by atoms with Gasteiger partial charge >= 0.3 is 6.09 Å². The van der Waals surface area contributed by atoms with Crippen molar-refractivity contribution in [2.45, 2.75) is 0 Å². The number of nitrogens with two attached hydrogens (primary N) is 2. The van der Waals surface area contributed by atoms with Crippen LogP contribution >= 0.6 is 0 Å². The van der Waals surface area contributed by atoms with Crippen LogP contribution in [0.3, 0.4) is 0 Å². The van der Waals surface area contributed by atoms with Gasteiger partial charge in [-0.2, -0.15) is 5.26 Å². The van der Waals surface area contributed by atoms with E-state index < -0.39 is 6.09 Å². The van der Waals surface area contributed by atoms with E-state index in [0.29, 0.717) is 17.8 Å². The highest BCUT2D eigenvalue weighted by molar-refractivity contribution is 5.64. The van der Waals surface area contributed by atoms with Gasteiger partial charge in [-0.1, -0.05) is 0 Å². The van der Waals surface area contributed by atoms with Crippen LogP contribution < -0.4 is 16.8 Å². The molecule has 1 aromatic carbocycles. The van der Waals surface area contributed by atoms with Crippen LogP contribution in [-0.2, 0) is 4.74 Å². The molecular weight excluding hydrogens is 208 g/mol. The maximum absolute atomic E-state index is 10.3. The Balaban J connectivity index is 2.47. The van der Waals surface area contributed by atoms with Crippen LogP contribution in [0.4, 0.5) is 16.2 Å². The molecule has 1 rings (SSSR count). The lowest BCUT2D eigenvalue weighted by Gasteiger charge is -2.07. The fourth-order valence-electron chi connectivity index (χ4n) is 1.12. The molecule has 0 aromatic heterocycles. The van der Waals surface area contributed by atoms with Crippen molar-refractivity contribution in [3.05, 3.63) is 23.8 Å². The first kappa shape index (κ1) is 11.7. The second-order valence-electron chi connectivity index (χ2n) is 3.01. The van der Waals surface area contributed by atoms with Crippen molar-refractivity contribution in [2.75, 3.05) is 24.2 Å². The van der Waals surface area contributed by atoms with Gasteiger partial charge in [0.1, 0.15) is 12.7 Å². The summed E-state index contributed by atoms with van der Waals surface area (Å²) in [5.74, 6) is 0. The van der Waals surface area contributed by atoms with E-state index in [0.717, 1.165) is 5.69 Å². The van der Waals surface area contributed by atoms with Crippen LogP contribution in [0.2, 0.25) is 0 Å². The summed E-state index contributed by atoms with van der Waals surface area (Å²) in [4.78, 5) is 10.3. The minimum atomic E-state index is -0.804. The van der Waals surface area contributed by atoms with Crippen molar-refractivity contribution in [3.63, 3.8) is 0 Å². The molecule has 0 fully saturated rings. The Hall–Kier alpha value is -2.42. The lowest BCUT2D eigenvalue weighted by Crippen LogP contribution is -2.18. The molecule has 0 radical (unpaired) electrons. The van der Waals surface area contributed by atoms with Gasteiger partial charge in [0.05, 0.1) is 11.3 Å². The van der Waals surface area contributed by atoms with E-state index in [4.69, 9.17) is 16.7 Å². The molecule has 0 saturated carbocycles. The maximum Gasteiger partial charge on any atom is 0.404 e. The van der Waals surface area contributed by atoms with Gasteiger partial charge in [-0.25, -0.2) is 4.79 Å². The highest BCUT2D eigenvalue weighted by atomic mass is 16.5. The number of benzene rings is 1. The molecule has 6 heteroatoms. The predicted molar refractivity (Wildman–Crippen MR) is 59.6 cm³/mol. The number of nitrogens with zero attached hydrogens (tertiary/aromatic N) is 1. The van der Waals surface area contributed by atoms with Crippen LogP contribution in [-0.4, -0.2) is 19.2 Å². The van der Waals surface area contributed by atoms with Crippen molar-refractivity contribution in [1.82, 2.24) is 0 Å². The first-order chi connectivity index (χ1) is 7.63. The van der Waals surface area contributed by atoms with Gasteiger partial charge in [0.15, 0.2) is 0 Å². The average Bonchev–Trinajstić information content (AvgIpc) is 2.24. The molecule has 0 saturated heterocycles. The van der Waals surface area contributed by atoms with E-state index in [9.17, 15) is 4.79 Å². The number of nitrogen functional groups attached to an aromatic ring is 1. The van der Waals surface area contributed by atoms with Crippen LogP contribution in [0.25, 0.3) is 0 Å². The van der Waals surface area contributed by atoms with Crippen molar-refractivity contribution < 1.29 is 9.53 Å². The lowest BCUT2D eigenvalue weighted by atomic mass is 10.2. The van der Waals surface area contributed by atoms with Gasteiger partial charge in [0.25, 0.3) is 0 Å². The van der Waals surface area contributed by atoms with Gasteiger partial charge < -0.3 is 21.5 Å². The first-order valence-corrected chi connectivity index (χ1v) is 4.59. The third-order valence-corrected chi connectivity index (χ3v) is 1.85. The van der Waals surface area contributed by atoms with E-state index >= 15 is 0 Å². The van der Waals surface area contributed by atoms with Gasteiger partial charge in [0, 0.05) is 12.2 Å². The molecule has 1 aromatic rings. The number of carbonyl (C=O) groups excluding carboxylic acids is 1. The smallest absolute Gasteiger partial charge is 0.404 e. The van der Waals surface area contributed by atoms with Gasteiger partial charge in [-0.05, 0) is 18.2 Å². The molecule has 0 atom stereocenters. The molecule has 0 aliphatic carbocycles. The summed E-state index contributed by atoms with van der Waals surface area (Å²) >= 11 is 0. The standard InChI is InChI=1S/C10H12N4O2/c11-6-7-1-2-8(5-9(7)12)14-3-4-16-10(13)15/h1-2,5,14H,3-4,12H2,(H2,13,15). The predicted octanol–water partition coefficient (Wildman–Crippen LogP) is 0.648. The fourth-order valence-corrected chi connectivity index (χ4v) is 1.12. The van der Waals surface area contributed by atoms with Gasteiger partial charge in [-0.3, -0.25) is 0 Å². The Kier molecular flexibility index (Phi) is 3.98. The number of amides is 1. The lowest BCUT2D eigenvalue weighted by molar-refractivity contribution is 0.161. The number of hydrogen-bond donors (Lipinski definition) is 3. The monoisotopic (exact) mass is 220 g/mol. The van der Waals surface area contributed by atoms with Crippen molar-refractivity contribution in [2.24, 2.45) is 5.73 Å². The van der Waals surface area contributed by atoms with Gasteiger partial charge in [-0.15, -0.1) is 0 Å². The van der Waals surface area contributed by atoms with Crippen LogP contribution in [0.15, 0.2) is 18.2 Å². The van der Waals surface area contributed by atoms with Crippen molar-refractivity contribution >= 4 is 17.5 Å². The normalized spacial score (nSPS) is 9.19. The Morgan fingerprint density at radius 3 is 2.88 bits per heavy atom. The first-order valence-electron chi connectivity index (χ1n) is 4.59. The SMILES string of the molecule is N#Cc1ccc(NCCOC(N)=O)cc1N. The number of carbonyl (C=O) groups is 1. The Bertz CT molecular complexity index is 425. The quantitative estimate of drug-likeness (QED) is 0.509. The molecular formula is C10H12N4O2. The maximum atomic E-state index is 10.3. The van der Waals surface area contributed by atoms with Crippen LogP contribution in [0, 0.1) is 11.3 Å². The molecule has 0 unspecified atom stereocenters. The number of rotatable bonds is 4. The van der Waals surface area contributed by atoms with E-state index in [1.165, 1.54) is 0 Å². The number of primary amides is 1. The number of nitriles is 1. The highest BCUT2D eigenvalue weighted by Crippen LogP contribution is 2.16. The molecule has 84 valence electrons. The number of ether oxygens (including phenoxy) is 1. The number of anilines is 2. The molecule has 6 nitrogen and oxygen atoms in total.